The van der Waals surface area contributed by atoms with Crippen LogP contribution in [0.15, 0.2) is 46.6 Å². The molecule has 0 amide bonds. The minimum Gasteiger partial charge on any atom is -0.459 e. The number of hydrogen-bond donors (Lipinski definition) is 2. The monoisotopic (exact) mass is 454 g/mol. The lowest BCUT2D eigenvalue weighted by Crippen LogP contribution is -2.36. The Bertz CT molecular complexity index is 889. The van der Waals surface area contributed by atoms with Crippen LogP contribution in [0, 0.1) is 23.2 Å². The molecule has 3 aliphatic carbocycles. The molecule has 4 aliphatic rings. The molecule has 0 aromatic rings. The first-order valence-electron chi connectivity index (χ1n) is 12.9. The summed E-state index contributed by atoms with van der Waals surface area (Å²) in [5.74, 6) is 1.64. The smallest absolute Gasteiger partial charge is 0.334 e. The van der Waals surface area contributed by atoms with Crippen molar-refractivity contribution in [1.82, 2.24) is 0 Å². The molecule has 33 heavy (non-hydrogen) atoms. The number of allylic oxidation sites excluding steroid dienone is 4. The normalized spacial score (nSPS) is 40.3. The van der Waals surface area contributed by atoms with Crippen LogP contribution in [0.25, 0.3) is 0 Å². The van der Waals surface area contributed by atoms with Gasteiger partial charge in [0.2, 0.25) is 0 Å². The van der Waals surface area contributed by atoms with E-state index in [2.05, 4.69) is 32.6 Å². The summed E-state index contributed by atoms with van der Waals surface area (Å²) in [6.07, 6.45) is 12.0. The summed E-state index contributed by atoms with van der Waals surface area (Å²) >= 11 is 0. The van der Waals surface area contributed by atoms with E-state index in [1.54, 1.807) is 0 Å². The number of carbonyl (C=O) groups is 1. The maximum Gasteiger partial charge on any atom is 0.334 e. The highest BCUT2D eigenvalue weighted by molar-refractivity contribution is 5.91. The summed E-state index contributed by atoms with van der Waals surface area (Å²) < 4.78 is 5.72. The van der Waals surface area contributed by atoms with E-state index in [4.69, 9.17) is 4.74 Å². The summed E-state index contributed by atoms with van der Waals surface area (Å²) in [6.45, 7) is 12.9. The second-order valence-corrected chi connectivity index (χ2v) is 11.6. The fourth-order valence-corrected chi connectivity index (χ4v) is 7.37. The SMILES string of the molecule is C=C1/C(=C\C=C2/CCC[C@@]3(C)C2CC[C@@H]3[C@H](C)CC2CC(=C(C)C)C(=O)O2)C[C@@H](O)C[C@@H]1O. The Labute approximate surface area is 199 Å². The number of aliphatic hydroxyl groups is 2. The molecule has 1 saturated heterocycles. The Morgan fingerprint density at radius 2 is 2.00 bits per heavy atom. The number of rotatable bonds is 4. The first-order valence-corrected chi connectivity index (χ1v) is 12.9. The first-order chi connectivity index (χ1) is 15.6. The van der Waals surface area contributed by atoms with Crippen molar-refractivity contribution in [3.05, 3.63) is 46.6 Å². The lowest BCUT2D eigenvalue weighted by Gasteiger charge is -2.44. The van der Waals surface area contributed by atoms with E-state index >= 15 is 0 Å². The average Bonchev–Trinajstić information content (AvgIpc) is 3.29. The molecule has 4 rings (SSSR count). The topological polar surface area (TPSA) is 66.8 Å². The van der Waals surface area contributed by atoms with Gasteiger partial charge >= 0.3 is 5.97 Å². The number of aliphatic hydroxyl groups excluding tert-OH is 2. The van der Waals surface area contributed by atoms with Crippen LogP contribution in [0.2, 0.25) is 0 Å². The second kappa shape index (κ2) is 9.54. The van der Waals surface area contributed by atoms with Gasteiger partial charge in [0, 0.05) is 18.4 Å². The van der Waals surface area contributed by atoms with Crippen molar-refractivity contribution < 1.29 is 19.7 Å². The van der Waals surface area contributed by atoms with Crippen molar-refractivity contribution >= 4 is 5.97 Å². The van der Waals surface area contributed by atoms with E-state index in [1.165, 1.54) is 31.3 Å². The van der Waals surface area contributed by atoms with E-state index in [-0.39, 0.29) is 17.5 Å². The van der Waals surface area contributed by atoms with Gasteiger partial charge in [0.05, 0.1) is 12.2 Å². The molecule has 1 heterocycles. The third-order valence-electron chi connectivity index (χ3n) is 9.18. The van der Waals surface area contributed by atoms with Gasteiger partial charge in [-0.15, -0.1) is 0 Å². The Morgan fingerprint density at radius 3 is 2.70 bits per heavy atom. The molecular formula is C29H42O4. The molecule has 182 valence electrons. The van der Waals surface area contributed by atoms with E-state index < -0.39 is 12.2 Å². The predicted octanol–water partition coefficient (Wildman–Crippen LogP) is 5.81. The highest BCUT2D eigenvalue weighted by Crippen LogP contribution is 2.60. The van der Waals surface area contributed by atoms with Gasteiger partial charge in [-0.1, -0.05) is 43.7 Å². The molecule has 2 unspecified atom stereocenters. The molecule has 2 N–H and O–H groups in total. The van der Waals surface area contributed by atoms with E-state index in [1.807, 2.05) is 13.8 Å². The van der Waals surface area contributed by atoms with Crippen molar-refractivity contribution in [2.45, 2.75) is 104 Å². The van der Waals surface area contributed by atoms with Gasteiger partial charge in [0.25, 0.3) is 0 Å². The maximum absolute atomic E-state index is 12.2. The molecule has 0 aromatic heterocycles. The molecule has 0 radical (unpaired) electrons. The van der Waals surface area contributed by atoms with Gasteiger partial charge in [0.1, 0.15) is 6.10 Å². The van der Waals surface area contributed by atoms with Gasteiger partial charge in [0.15, 0.2) is 0 Å². The standard InChI is InChI=1S/C29H42O4/c1-17(2)24-16-23(33-28(24)32)13-18(3)25-10-11-26-20(7-6-12-29(25,26)5)8-9-21-14-22(30)15-27(31)19(21)4/h8-9,18,22-23,25-27,30-31H,4,6-7,10-16H2,1-3,5H3/b20-8+,21-9-/t18-,22-,23?,25-,26?,27+,29-/m1/s1. The van der Waals surface area contributed by atoms with Crippen LogP contribution >= 0.6 is 0 Å². The molecule has 4 heteroatoms. The first kappa shape index (κ1) is 24.5. The molecule has 4 fully saturated rings. The zero-order valence-electron chi connectivity index (χ0n) is 20.9. The van der Waals surface area contributed by atoms with E-state index in [0.717, 1.165) is 41.6 Å². The van der Waals surface area contributed by atoms with Crippen molar-refractivity contribution in [1.29, 1.82) is 0 Å². The fraction of sp³-hybridized carbons (Fsp3) is 0.690. The van der Waals surface area contributed by atoms with Gasteiger partial charge in [-0.25, -0.2) is 4.79 Å². The predicted molar refractivity (Wildman–Crippen MR) is 131 cm³/mol. The molecule has 1 aliphatic heterocycles. The number of cyclic esters (lactones) is 1. The quantitative estimate of drug-likeness (QED) is 0.416. The Hall–Kier alpha value is -1.65. The minimum atomic E-state index is -0.636. The summed E-state index contributed by atoms with van der Waals surface area (Å²) in [5.41, 5.74) is 5.51. The number of hydrogen-bond acceptors (Lipinski definition) is 4. The number of fused-ring (bicyclic) bond motifs is 1. The Morgan fingerprint density at radius 1 is 1.24 bits per heavy atom. The summed E-state index contributed by atoms with van der Waals surface area (Å²) in [7, 11) is 0. The van der Waals surface area contributed by atoms with Crippen LogP contribution in [0.3, 0.4) is 0 Å². The van der Waals surface area contributed by atoms with E-state index in [0.29, 0.717) is 30.6 Å². The zero-order valence-corrected chi connectivity index (χ0v) is 20.9. The molecule has 0 bridgehead atoms. The molecule has 4 nitrogen and oxygen atoms in total. The zero-order chi connectivity index (χ0) is 23.9. The third-order valence-corrected chi connectivity index (χ3v) is 9.18. The van der Waals surface area contributed by atoms with Crippen LogP contribution < -0.4 is 0 Å². The summed E-state index contributed by atoms with van der Waals surface area (Å²) in [4.78, 5) is 12.2. The van der Waals surface area contributed by atoms with E-state index in [9.17, 15) is 15.0 Å². The highest BCUT2D eigenvalue weighted by Gasteiger charge is 2.51. The maximum atomic E-state index is 12.2. The van der Waals surface area contributed by atoms with Gasteiger partial charge in [-0.3, -0.25) is 0 Å². The molecule has 0 spiro atoms. The van der Waals surface area contributed by atoms with Crippen molar-refractivity contribution in [2.75, 3.05) is 0 Å². The number of esters is 1. The third kappa shape index (κ3) is 4.79. The second-order valence-electron chi connectivity index (χ2n) is 11.6. The lowest BCUT2D eigenvalue weighted by atomic mass is 9.60. The fourth-order valence-electron chi connectivity index (χ4n) is 7.37. The highest BCUT2D eigenvalue weighted by atomic mass is 16.5. The summed E-state index contributed by atoms with van der Waals surface area (Å²) in [6, 6.07) is 0. The minimum absolute atomic E-state index is 0.0264. The molecule has 3 saturated carbocycles. The van der Waals surface area contributed by atoms with Crippen molar-refractivity contribution in [3.63, 3.8) is 0 Å². The van der Waals surface area contributed by atoms with Crippen LogP contribution in [-0.4, -0.2) is 34.5 Å². The van der Waals surface area contributed by atoms with Gasteiger partial charge in [-0.05, 0) is 93.1 Å². The molecular weight excluding hydrogens is 412 g/mol. The van der Waals surface area contributed by atoms with Crippen LogP contribution in [0.4, 0.5) is 0 Å². The van der Waals surface area contributed by atoms with Crippen LogP contribution in [0.5, 0.6) is 0 Å². The molecule has 0 aromatic carbocycles. The molecule has 7 atom stereocenters. The Balaban J connectivity index is 1.47. The van der Waals surface area contributed by atoms with Crippen LogP contribution in [-0.2, 0) is 9.53 Å². The largest absolute Gasteiger partial charge is 0.459 e. The Kier molecular flexibility index (Phi) is 7.08. The van der Waals surface area contributed by atoms with Crippen molar-refractivity contribution in [2.24, 2.45) is 23.2 Å². The lowest BCUT2D eigenvalue weighted by molar-refractivity contribution is -0.139. The average molecular weight is 455 g/mol. The number of ether oxygens (including phenoxy) is 1. The summed E-state index contributed by atoms with van der Waals surface area (Å²) in [5, 5.41) is 20.2. The number of carbonyl (C=O) groups excluding carboxylic acids is 1. The van der Waals surface area contributed by atoms with Gasteiger partial charge in [-0.2, -0.15) is 0 Å². The van der Waals surface area contributed by atoms with Gasteiger partial charge < -0.3 is 14.9 Å². The van der Waals surface area contributed by atoms with Crippen LogP contribution in [0.1, 0.15) is 85.5 Å². The van der Waals surface area contributed by atoms with Crippen molar-refractivity contribution in [3.8, 4) is 0 Å².